The molecule has 12 heteroatoms. The largest absolute Gasteiger partial charge is 0.480 e. The van der Waals surface area contributed by atoms with Crippen molar-refractivity contribution in [2.75, 3.05) is 13.2 Å². The zero-order chi connectivity index (χ0) is 19.7. The van der Waals surface area contributed by atoms with Crippen molar-refractivity contribution in [3.8, 4) is 0 Å². The first-order valence-corrected chi connectivity index (χ1v) is 7.34. The SMILES string of the molecule is CC(O)C(NC(=O)C(N)CO)C(=O)NC(C(=O)NCC(=O)O)C(C)O. The molecule has 0 spiro atoms. The molecular weight excluding hydrogens is 340 g/mol. The van der Waals surface area contributed by atoms with E-state index in [2.05, 4.69) is 10.6 Å². The number of nitrogens with one attached hydrogen (secondary N) is 3. The number of carbonyl (C=O) groups excluding carboxylic acids is 3. The molecule has 0 aromatic carbocycles. The Morgan fingerprint density at radius 1 is 0.920 bits per heavy atom. The Morgan fingerprint density at radius 3 is 1.76 bits per heavy atom. The smallest absolute Gasteiger partial charge is 0.322 e. The van der Waals surface area contributed by atoms with Gasteiger partial charge in [-0.2, -0.15) is 0 Å². The second-order valence-electron chi connectivity index (χ2n) is 5.35. The van der Waals surface area contributed by atoms with E-state index in [0.29, 0.717) is 0 Å². The predicted molar refractivity (Wildman–Crippen MR) is 82.9 cm³/mol. The van der Waals surface area contributed by atoms with Gasteiger partial charge in [0.25, 0.3) is 0 Å². The number of aliphatic carboxylic acids is 1. The van der Waals surface area contributed by atoms with Crippen molar-refractivity contribution in [3.05, 3.63) is 0 Å². The lowest BCUT2D eigenvalue weighted by atomic mass is 10.1. The molecular formula is C13H24N4O8. The van der Waals surface area contributed by atoms with E-state index in [9.17, 15) is 29.4 Å². The Hall–Kier alpha value is -2.28. The first-order chi connectivity index (χ1) is 11.5. The third-order valence-electron chi connectivity index (χ3n) is 3.07. The molecule has 3 amide bonds. The molecule has 0 aromatic rings. The molecule has 9 N–H and O–H groups in total. The molecule has 0 bridgehead atoms. The molecule has 0 rings (SSSR count). The van der Waals surface area contributed by atoms with Crippen molar-refractivity contribution in [2.45, 2.75) is 44.2 Å². The second-order valence-corrected chi connectivity index (χ2v) is 5.35. The first-order valence-electron chi connectivity index (χ1n) is 7.34. The standard InChI is InChI=1S/C13H24N4O8/c1-5(19)9(12(24)15-3-8(21)22)17-13(25)10(6(2)20)16-11(23)7(14)4-18/h5-7,9-10,18-20H,3-4,14H2,1-2H3,(H,15,24)(H,16,23)(H,17,25)(H,21,22). The lowest BCUT2D eigenvalue weighted by molar-refractivity contribution is -0.139. The second kappa shape index (κ2) is 10.6. The highest BCUT2D eigenvalue weighted by Gasteiger charge is 2.32. The molecule has 0 aromatic heterocycles. The summed E-state index contributed by atoms with van der Waals surface area (Å²) in [7, 11) is 0. The van der Waals surface area contributed by atoms with Crippen LogP contribution in [0.2, 0.25) is 0 Å². The van der Waals surface area contributed by atoms with Crippen LogP contribution in [-0.2, 0) is 19.2 Å². The summed E-state index contributed by atoms with van der Waals surface area (Å²) in [4.78, 5) is 46.1. The Morgan fingerprint density at radius 2 is 1.36 bits per heavy atom. The molecule has 0 heterocycles. The van der Waals surface area contributed by atoms with Gasteiger partial charge < -0.3 is 42.1 Å². The number of aliphatic hydroxyl groups excluding tert-OH is 3. The highest BCUT2D eigenvalue weighted by atomic mass is 16.4. The third kappa shape index (κ3) is 7.89. The van der Waals surface area contributed by atoms with E-state index < -0.39 is 67.2 Å². The molecule has 12 nitrogen and oxygen atoms in total. The quantitative estimate of drug-likeness (QED) is 0.187. The van der Waals surface area contributed by atoms with Crippen molar-refractivity contribution >= 4 is 23.7 Å². The van der Waals surface area contributed by atoms with E-state index in [4.69, 9.17) is 15.9 Å². The minimum absolute atomic E-state index is 0.687. The highest BCUT2D eigenvalue weighted by Crippen LogP contribution is 1.99. The number of rotatable bonds is 10. The van der Waals surface area contributed by atoms with Crippen LogP contribution in [0.15, 0.2) is 0 Å². The topological polar surface area (TPSA) is 211 Å². The maximum absolute atomic E-state index is 12.2. The molecule has 0 saturated heterocycles. The average molecular weight is 364 g/mol. The normalized spacial score (nSPS) is 16.7. The maximum atomic E-state index is 12.2. The fraction of sp³-hybridized carbons (Fsp3) is 0.692. The Balaban J connectivity index is 5.06. The zero-order valence-electron chi connectivity index (χ0n) is 13.8. The van der Waals surface area contributed by atoms with Crippen LogP contribution >= 0.6 is 0 Å². The number of carbonyl (C=O) groups is 4. The van der Waals surface area contributed by atoms with Gasteiger partial charge in [0.05, 0.1) is 18.8 Å². The van der Waals surface area contributed by atoms with E-state index in [-0.39, 0.29) is 0 Å². The number of aliphatic hydroxyl groups is 3. The van der Waals surface area contributed by atoms with Gasteiger partial charge in [0, 0.05) is 0 Å². The molecule has 25 heavy (non-hydrogen) atoms. The predicted octanol–water partition coefficient (Wildman–Crippen LogP) is -4.76. The van der Waals surface area contributed by atoms with E-state index in [1.807, 2.05) is 5.32 Å². The molecule has 0 aliphatic heterocycles. The number of carboxylic acid groups (broad SMARTS) is 1. The summed E-state index contributed by atoms with van der Waals surface area (Å²) in [5, 5.41) is 42.8. The number of carboxylic acids is 1. The monoisotopic (exact) mass is 364 g/mol. The fourth-order valence-corrected chi connectivity index (χ4v) is 1.67. The van der Waals surface area contributed by atoms with Crippen LogP contribution in [0.4, 0.5) is 0 Å². The molecule has 0 saturated carbocycles. The summed E-state index contributed by atoms with van der Waals surface area (Å²) in [6.07, 6.45) is -2.77. The van der Waals surface area contributed by atoms with Crippen molar-refractivity contribution in [2.24, 2.45) is 5.73 Å². The number of hydrogen-bond acceptors (Lipinski definition) is 8. The molecule has 0 fully saturated rings. The fourth-order valence-electron chi connectivity index (χ4n) is 1.67. The molecule has 5 unspecified atom stereocenters. The molecule has 5 atom stereocenters. The lowest BCUT2D eigenvalue weighted by Gasteiger charge is -2.26. The maximum Gasteiger partial charge on any atom is 0.322 e. The van der Waals surface area contributed by atoms with Gasteiger partial charge in [0.1, 0.15) is 24.7 Å². The first kappa shape index (κ1) is 22.7. The van der Waals surface area contributed by atoms with Crippen LogP contribution < -0.4 is 21.7 Å². The van der Waals surface area contributed by atoms with Crippen LogP contribution in [0.1, 0.15) is 13.8 Å². The van der Waals surface area contributed by atoms with Crippen molar-refractivity contribution in [1.82, 2.24) is 16.0 Å². The van der Waals surface area contributed by atoms with E-state index in [1.165, 1.54) is 13.8 Å². The summed E-state index contributed by atoms with van der Waals surface area (Å²) >= 11 is 0. The van der Waals surface area contributed by atoms with E-state index in [0.717, 1.165) is 0 Å². The van der Waals surface area contributed by atoms with Gasteiger partial charge in [-0.3, -0.25) is 19.2 Å². The minimum Gasteiger partial charge on any atom is -0.480 e. The summed E-state index contributed by atoms with van der Waals surface area (Å²) in [6, 6.07) is -4.35. The van der Waals surface area contributed by atoms with Crippen LogP contribution in [0, 0.1) is 0 Å². The van der Waals surface area contributed by atoms with Crippen LogP contribution in [0.5, 0.6) is 0 Å². The Labute approximate surface area is 143 Å². The van der Waals surface area contributed by atoms with Crippen molar-refractivity contribution in [1.29, 1.82) is 0 Å². The van der Waals surface area contributed by atoms with Gasteiger partial charge >= 0.3 is 5.97 Å². The van der Waals surface area contributed by atoms with Gasteiger partial charge in [0.2, 0.25) is 17.7 Å². The van der Waals surface area contributed by atoms with Gasteiger partial charge in [-0.1, -0.05) is 0 Å². The Bertz CT molecular complexity index is 496. The Kier molecular flexibility index (Phi) is 9.59. The van der Waals surface area contributed by atoms with E-state index in [1.54, 1.807) is 0 Å². The van der Waals surface area contributed by atoms with E-state index >= 15 is 0 Å². The number of nitrogens with two attached hydrogens (primary N) is 1. The average Bonchev–Trinajstić information content (AvgIpc) is 2.53. The lowest BCUT2D eigenvalue weighted by Crippen LogP contribution is -2.61. The summed E-state index contributed by atoms with van der Waals surface area (Å²) in [5.41, 5.74) is 5.30. The minimum atomic E-state index is -1.52. The molecule has 0 aliphatic carbocycles. The summed E-state index contributed by atoms with van der Waals surface area (Å²) < 4.78 is 0. The van der Waals surface area contributed by atoms with Gasteiger partial charge in [-0.05, 0) is 13.8 Å². The van der Waals surface area contributed by atoms with Gasteiger partial charge in [0.15, 0.2) is 0 Å². The third-order valence-corrected chi connectivity index (χ3v) is 3.07. The van der Waals surface area contributed by atoms with Crippen molar-refractivity contribution in [3.63, 3.8) is 0 Å². The molecule has 0 aliphatic rings. The number of amides is 3. The van der Waals surface area contributed by atoms with Gasteiger partial charge in [-0.25, -0.2) is 0 Å². The van der Waals surface area contributed by atoms with Crippen LogP contribution in [-0.4, -0.2) is 87.6 Å². The molecule has 0 radical (unpaired) electrons. The zero-order valence-corrected chi connectivity index (χ0v) is 13.8. The number of hydrogen-bond donors (Lipinski definition) is 8. The van der Waals surface area contributed by atoms with Gasteiger partial charge in [-0.15, -0.1) is 0 Å². The van der Waals surface area contributed by atoms with Crippen LogP contribution in [0.25, 0.3) is 0 Å². The highest BCUT2D eigenvalue weighted by molar-refractivity contribution is 5.94. The van der Waals surface area contributed by atoms with Crippen LogP contribution in [0.3, 0.4) is 0 Å². The summed E-state index contributed by atoms with van der Waals surface area (Å²) in [6.45, 7) is 0.966. The van der Waals surface area contributed by atoms with Crippen molar-refractivity contribution < 1.29 is 39.6 Å². The summed E-state index contributed by atoms with van der Waals surface area (Å²) in [5.74, 6) is -4.21. The molecule has 144 valence electrons.